The van der Waals surface area contributed by atoms with Gasteiger partial charge in [0.15, 0.2) is 5.57 Å². The van der Waals surface area contributed by atoms with Gasteiger partial charge < -0.3 is 14.1 Å². The Morgan fingerprint density at radius 2 is 2.37 bits per heavy atom. The highest BCUT2D eigenvalue weighted by Crippen LogP contribution is 2.07. The number of esters is 1. The van der Waals surface area contributed by atoms with Crippen LogP contribution >= 0.6 is 0 Å². The van der Waals surface area contributed by atoms with E-state index in [0.29, 0.717) is 13.2 Å². The number of rotatable bonds is 6. The van der Waals surface area contributed by atoms with Gasteiger partial charge in [-0.3, -0.25) is 0 Å². The lowest BCUT2D eigenvalue weighted by Gasteiger charge is -2.13. The minimum Gasteiger partial charge on any atom is -0.467 e. The summed E-state index contributed by atoms with van der Waals surface area (Å²) in [6.07, 6.45) is 3.04. The molecule has 0 aliphatic carbocycles. The predicted molar refractivity (Wildman–Crippen MR) is 69.7 cm³/mol. The first kappa shape index (κ1) is 14.8. The Bertz CT molecular complexity index is 469. The summed E-state index contributed by atoms with van der Waals surface area (Å²) in [5.41, 5.74) is -0.0188. The van der Waals surface area contributed by atoms with Crippen LogP contribution < -0.4 is 0 Å². The predicted octanol–water partition coefficient (Wildman–Crippen LogP) is 2.32. The molecule has 0 spiro atoms. The number of nitriles is 1. The maximum absolute atomic E-state index is 11.7. The number of hydrogen-bond donors (Lipinski definition) is 0. The van der Waals surface area contributed by atoms with Crippen molar-refractivity contribution < 1.29 is 13.9 Å². The van der Waals surface area contributed by atoms with Crippen LogP contribution in [0.5, 0.6) is 0 Å². The minimum atomic E-state index is -0.595. The van der Waals surface area contributed by atoms with Gasteiger partial charge in [-0.1, -0.05) is 13.8 Å². The highest BCUT2D eigenvalue weighted by Gasteiger charge is 2.12. The highest BCUT2D eigenvalue weighted by atomic mass is 16.5. The highest BCUT2D eigenvalue weighted by molar-refractivity contribution is 5.92. The topological polar surface area (TPSA) is 66.5 Å². The van der Waals surface area contributed by atoms with Crippen molar-refractivity contribution in [1.82, 2.24) is 4.90 Å². The van der Waals surface area contributed by atoms with E-state index in [1.807, 2.05) is 26.0 Å². The molecular formula is C14H18N2O3. The molecule has 0 bridgehead atoms. The van der Waals surface area contributed by atoms with E-state index in [2.05, 4.69) is 0 Å². The standard InChI is InChI=1S/C14H18N2O3/c1-11(2)10-19-14(17)12(7-15)8-16(3)9-13-5-4-6-18-13/h4-6,8,11H,9-10H2,1-3H3/b12-8+. The first-order valence-corrected chi connectivity index (χ1v) is 6.04. The van der Waals surface area contributed by atoms with Gasteiger partial charge >= 0.3 is 5.97 Å². The number of hydrogen-bond acceptors (Lipinski definition) is 5. The monoisotopic (exact) mass is 262 g/mol. The van der Waals surface area contributed by atoms with Crippen molar-refractivity contribution in [1.29, 1.82) is 5.26 Å². The average molecular weight is 262 g/mol. The number of nitrogens with zero attached hydrogens (tertiary/aromatic N) is 2. The third-order valence-corrected chi connectivity index (χ3v) is 2.22. The molecule has 0 aliphatic rings. The van der Waals surface area contributed by atoms with E-state index in [1.165, 1.54) is 6.20 Å². The molecule has 5 heteroatoms. The first-order valence-electron chi connectivity index (χ1n) is 6.04. The van der Waals surface area contributed by atoms with Crippen LogP contribution in [0.1, 0.15) is 19.6 Å². The lowest BCUT2D eigenvalue weighted by Crippen LogP contribution is -2.16. The SMILES string of the molecule is CC(C)COC(=O)/C(C#N)=C/N(C)Cc1ccco1. The van der Waals surface area contributed by atoms with Crippen LogP contribution in [0.3, 0.4) is 0 Å². The summed E-state index contributed by atoms with van der Waals surface area (Å²) in [5.74, 6) is 0.402. The molecule has 0 aliphatic heterocycles. The van der Waals surface area contributed by atoms with Gasteiger partial charge in [0.1, 0.15) is 11.8 Å². The Morgan fingerprint density at radius 1 is 1.63 bits per heavy atom. The van der Waals surface area contributed by atoms with E-state index in [4.69, 9.17) is 14.4 Å². The maximum Gasteiger partial charge on any atom is 0.350 e. The van der Waals surface area contributed by atoms with Crippen LogP contribution in [-0.4, -0.2) is 24.5 Å². The Kier molecular flexibility index (Phi) is 5.68. The Morgan fingerprint density at radius 3 is 2.89 bits per heavy atom. The van der Waals surface area contributed by atoms with Crippen molar-refractivity contribution in [2.45, 2.75) is 20.4 Å². The maximum atomic E-state index is 11.7. The normalized spacial score (nSPS) is 11.2. The van der Waals surface area contributed by atoms with E-state index in [-0.39, 0.29) is 11.5 Å². The third-order valence-electron chi connectivity index (χ3n) is 2.22. The van der Waals surface area contributed by atoms with Crippen molar-refractivity contribution in [3.8, 4) is 6.07 Å². The molecule has 0 fully saturated rings. The molecule has 0 unspecified atom stereocenters. The van der Waals surface area contributed by atoms with Gasteiger partial charge in [-0.05, 0) is 18.1 Å². The van der Waals surface area contributed by atoms with Crippen LogP contribution in [0.15, 0.2) is 34.6 Å². The largest absolute Gasteiger partial charge is 0.467 e. The molecule has 5 nitrogen and oxygen atoms in total. The summed E-state index contributed by atoms with van der Waals surface area (Å²) in [7, 11) is 1.76. The Balaban J connectivity index is 2.60. The number of carbonyl (C=O) groups is 1. The van der Waals surface area contributed by atoms with Crippen LogP contribution in [0.25, 0.3) is 0 Å². The van der Waals surface area contributed by atoms with E-state index in [1.54, 1.807) is 24.3 Å². The zero-order valence-corrected chi connectivity index (χ0v) is 11.4. The van der Waals surface area contributed by atoms with E-state index in [9.17, 15) is 4.79 Å². The van der Waals surface area contributed by atoms with Gasteiger partial charge in [0, 0.05) is 13.2 Å². The Labute approximate surface area is 113 Å². The minimum absolute atomic E-state index is 0.0188. The van der Waals surface area contributed by atoms with Crippen LogP contribution in [0, 0.1) is 17.2 Å². The number of furan rings is 1. The molecule has 0 N–H and O–H groups in total. The molecule has 1 aromatic rings. The molecule has 0 saturated carbocycles. The fourth-order valence-electron chi connectivity index (χ4n) is 1.36. The zero-order chi connectivity index (χ0) is 14.3. The number of ether oxygens (including phenoxy) is 1. The molecule has 102 valence electrons. The summed E-state index contributed by atoms with van der Waals surface area (Å²) in [6, 6.07) is 5.46. The summed E-state index contributed by atoms with van der Waals surface area (Å²) < 4.78 is 10.2. The van der Waals surface area contributed by atoms with Gasteiger partial charge in [-0.2, -0.15) is 5.26 Å². The molecule has 0 amide bonds. The van der Waals surface area contributed by atoms with Crippen LogP contribution in [-0.2, 0) is 16.1 Å². The summed E-state index contributed by atoms with van der Waals surface area (Å²) in [5, 5.41) is 8.97. The van der Waals surface area contributed by atoms with Gasteiger partial charge in [-0.25, -0.2) is 4.79 Å². The van der Waals surface area contributed by atoms with Crippen molar-refractivity contribution in [3.05, 3.63) is 35.9 Å². The molecule has 1 heterocycles. The van der Waals surface area contributed by atoms with Crippen molar-refractivity contribution in [2.75, 3.05) is 13.7 Å². The molecular weight excluding hydrogens is 244 g/mol. The van der Waals surface area contributed by atoms with Crippen molar-refractivity contribution >= 4 is 5.97 Å². The zero-order valence-electron chi connectivity index (χ0n) is 11.4. The Hall–Kier alpha value is -2.22. The lowest BCUT2D eigenvalue weighted by molar-refractivity contribution is -0.139. The van der Waals surface area contributed by atoms with Crippen molar-refractivity contribution in [2.24, 2.45) is 5.92 Å². The molecule has 1 rings (SSSR count). The second-order valence-electron chi connectivity index (χ2n) is 4.64. The van der Waals surface area contributed by atoms with E-state index in [0.717, 1.165) is 5.76 Å². The van der Waals surface area contributed by atoms with Gasteiger partial charge in [-0.15, -0.1) is 0 Å². The molecule has 19 heavy (non-hydrogen) atoms. The fraction of sp³-hybridized carbons (Fsp3) is 0.429. The second-order valence-corrected chi connectivity index (χ2v) is 4.64. The fourth-order valence-corrected chi connectivity index (χ4v) is 1.36. The lowest BCUT2D eigenvalue weighted by atomic mass is 10.2. The summed E-state index contributed by atoms with van der Waals surface area (Å²) >= 11 is 0. The number of carbonyl (C=O) groups excluding carboxylic acids is 1. The van der Waals surface area contributed by atoms with Crippen LogP contribution in [0.2, 0.25) is 0 Å². The summed E-state index contributed by atoms with van der Waals surface area (Å²) in [6.45, 7) is 4.66. The second kappa shape index (κ2) is 7.27. The van der Waals surface area contributed by atoms with Crippen molar-refractivity contribution in [3.63, 3.8) is 0 Å². The quantitative estimate of drug-likeness (QED) is 0.447. The molecule has 1 aromatic heterocycles. The average Bonchev–Trinajstić information content (AvgIpc) is 2.85. The smallest absolute Gasteiger partial charge is 0.350 e. The van der Waals surface area contributed by atoms with Gasteiger partial charge in [0.25, 0.3) is 0 Å². The van der Waals surface area contributed by atoms with Gasteiger partial charge in [0.05, 0.1) is 19.4 Å². The first-order chi connectivity index (χ1) is 9.02. The van der Waals surface area contributed by atoms with Gasteiger partial charge in [0.2, 0.25) is 0 Å². The summed E-state index contributed by atoms with van der Waals surface area (Å²) in [4.78, 5) is 13.4. The van der Waals surface area contributed by atoms with E-state index >= 15 is 0 Å². The molecule has 0 aromatic carbocycles. The van der Waals surface area contributed by atoms with Crippen LogP contribution in [0.4, 0.5) is 0 Å². The van der Waals surface area contributed by atoms with E-state index < -0.39 is 5.97 Å². The molecule has 0 atom stereocenters. The third kappa shape index (κ3) is 5.30. The molecule has 0 radical (unpaired) electrons. The molecule has 0 saturated heterocycles.